The molecule has 15 heavy (non-hydrogen) atoms. The lowest BCUT2D eigenvalue weighted by Crippen LogP contribution is -1.94. The van der Waals surface area contributed by atoms with Crippen molar-refractivity contribution in [1.82, 2.24) is 0 Å². The summed E-state index contributed by atoms with van der Waals surface area (Å²) in [6, 6.07) is 8.78. The van der Waals surface area contributed by atoms with Gasteiger partial charge in [-0.1, -0.05) is 39.7 Å². The minimum absolute atomic E-state index is 0.323. The van der Waals surface area contributed by atoms with Crippen LogP contribution in [0.2, 0.25) is 0 Å². The first-order valence-corrected chi connectivity index (χ1v) is 6.77. The average molecular weight is 281 g/mol. The second kappa shape index (κ2) is 4.50. The maximum Gasteiger partial charge on any atom is 0.0655 e. The molecule has 0 N–H and O–H groups in total. The van der Waals surface area contributed by atoms with Crippen molar-refractivity contribution in [1.29, 1.82) is 0 Å². The number of aryl methyl sites for hydroxylation is 2. The van der Waals surface area contributed by atoms with Gasteiger partial charge in [-0.05, 0) is 47.4 Å². The van der Waals surface area contributed by atoms with Crippen LogP contribution in [0.15, 0.2) is 35.0 Å². The number of hydrogen-bond acceptors (Lipinski definition) is 1. The molecular weight excluding hydrogens is 268 g/mol. The largest absolute Gasteiger partial charge is 0.152 e. The Bertz CT molecular complexity index is 446. The molecule has 0 aliphatic heterocycles. The lowest BCUT2D eigenvalue weighted by atomic mass is 10.0. The van der Waals surface area contributed by atoms with Gasteiger partial charge in [0.25, 0.3) is 0 Å². The molecule has 2 rings (SSSR count). The molecule has 1 atom stereocenters. The van der Waals surface area contributed by atoms with Gasteiger partial charge in [0.05, 0.1) is 4.83 Å². The Morgan fingerprint density at radius 2 is 2.00 bits per heavy atom. The first kappa shape index (κ1) is 10.9. The Morgan fingerprint density at radius 1 is 1.20 bits per heavy atom. The maximum absolute atomic E-state index is 3.76. The number of rotatable bonds is 2. The van der Waals surface area contributed by atoms with Crippen LogP contribution in [0.25, 0.3) is 0 Å². The zero-order chi connectivity index (χ0) is 10.8. The van der Waals surface area contributed by atoms with E-state index < -0.39 is 0 Å². The van der Waals surface area contributed by atoms with E-state index in [2.05, 4.69) is 64.8 Å². The molecule has 1 unspecified atom stereocenters. The van der Waals surface area contributed by atoms with Gasteiger partial charge >= 0.3 is 0 Å². The molecule has 1 heterocycles. The quantitative estimate of drug-likeness (QED) is 0.690. The van der Waals surface area contributed by atoms with Gasteiger partial charge in [0, 0.05) is 0 Å². The summed E-state index contributed by atoms with van der Waals surface area (Å²) in [5.74, 6) is 0. The van der Waals surface area contributed by atoms with Crippen LogP contribution < -0.4 is 0 Å². The number of alkyl halides is 1. The minimum Gasteiger partial charge on any atom is -0.152 e. The van der Waals surface area contributed by atoms with E-state index in [1.165, 1.54) is 22.3 Å². The third-order valence-electron chi connectivity index (χ3n) is 2.53. The monoisotopic (exact) mass is 280 g/mol. The zero-order valence-corrected chi connectivity index (χ0v) is 11.2. The predicted octanol–water partition coefficient (Wildman–Crippen LogP) is 4.85. The molecule has 0 nitrogen and oxygen atoms in total. The third-order valence-corrected chi connectivity index (χ3v) is 4.26. The van der Waals surface area contributed by atoms with Crippen LogP contribution in [0.1, 0.15) is 27.1 Å². The summed E-state index contributed by atoms with van der Waals surface area (Å²) in [5, 5.41) is 4.31. The molecule has 0 aliphatic carbocycles. The maximum atomic E-state index is 3.76. The fraction of sp³-hybridized carbons (Fsp3) is 0.231. The Labute approximate surface area is 103 Å². The van der Waals surface area contributed by atoms with Gasteiger partial charge in [0.15, 0.2) is 0 Å². The number of thiophene rings is 1. The Morgan fingerprint density at radius 3 is 2.60 bits per heavy atom. The van der Waals surface area contributed by atoms with Gasteiger partial charge < -0.3 is 0 Å². The van der Waals surface area contributed by atoms with Crippen LogP contribution in [-0.2, 0) is 0 Å². The van der Waals surface area contributed by atoms with Gasteiger partial charge in [0.2, 0.25) is 0 Å². The van der Waals surface area contributed by atoms with E-state index in [4.69, 9.17) is 0 Å². The van der Waals surface area contributed by atoms with E-state index >= 15 is 0 Å². The van der Waals surface area contributed by atoms with Crippen molar-refractivity contribution < 1.29 is 0 Å². The van der Waals surface area contributed by atoms with Crippen molar-refractivity contribution in [3.8, 4) is 0 Å². The average Bonchev–Trinajstić information content (AvgIpc) is 2.69. The SMILES string of the molecule is Cc1ccc(C(Br)c2ccsc2)c(C)c1. The van der Waals surface area contributed by atoms with Crippen molar-refractivity contribution in [2.75, 3.05) is 0 Å². The van der Waals surface area contributed by atoms with Crippen LogP contribution in [-0.4, -0.2) is 0 Å². The van der Waals surface area contributed by atoms with E-state index in [1.807, 2.05) is 0 Å². The fourth-order valence-corrected chi connectivity index (χ4v) is 3.37. The molecule has 0 fully saturated rings. The standard InChI is InChI=1S/C13H13BrS/c1-9-3-4-12(10(2)7-9)13(14)11-5-6-15-8-11/h3-8,13H,1-2H3. The molecule has 0 saturated heterocycles. The van der Waals surface area contributed by atoms with Gasteiger partial charge in [0.1, 0.15) is 0 Å². The molecule has 0 saturated carbocycles. The Kier molecular flexibility index (Phi) is 3.27. The molecule has 2 heteroatoms. The van der Waals surface area contributed by atoms with Gasteiger partial charge in [-0.25, -0.2) is 0 Å². The smallest absolute Gasteiger partial charge is 0.0655 e. The summed E-state index contributed by atoms with van der Waals surface area (Å²) in [5.41, 5.74) is 5.37. The summed E-state index contributed by atoms with van der Waals surface area (Å²) < 4.78 is 0. The lowest BCUT2D eigenvalue weighted by molar-refractivity contribution is 1.15. The third kappa shape index (κ3) is 2.32. The molecule has 0 aliphatic rings. The van der Waals surface area contributed by atoms with Crippen LogP contribution in [0.5, 0.6) is 0 Å². The van der Waals surface area contributed by atoms with Crippen molar-refractivity contribution >= 4 is 27.3 Å². The van der Waals surface area contributed by atoms with Crippen LogP contribution in [0.4, 0.5) is 0 Å². The molecule has 78 valence electrons. The van der Waals surface area contributed by atoms with Gasteiger partial charge in [-0.3, -0.25) is 0 Å². The molecule has 1 aromatic heterocycles. The van der Waals surface area contributed by atoms with Crippen LogP contribution >= 0.6 is 27.3 Å². The molecule has 2 aromatic rings. The highest BCUT2D eigenvalue weighted by Gasteiger charge is 2.12. The van der Waals surface area contributed by atoms with Gasteiger partial charge in [-0.15, -0.1) is 0 Å². The number of hydrogen-bond donors (Lipinski definition) is 0. The lowest BCUT2D eigenvalue weighted by Gasteiger charge is -2.12. The molecule has 0 amide bonds. The van der Waals surface area contributed by atoms with Crippen LogP contribution in [0, 0.1) is 13.8 Å². The van der Waals surface area contributed by atoms with Gasteiger partial charge in [-0.2, -0.15) is 11.3 Å². The normalized spacial score (nSPS) is 12.7. The van der Waals surface area contributed by atoms with Crippen molar-refractivity contribution in [3.05, 3.63) is 57.3 Å². The van der Waals surface area contributed by atoms with E-state index in [0.29, 0.717) is 4.83 Å². The Balaban J connectivity index is 2.38. The summed E-state index contributed by atoms with van der Waals surface area (Å²) >= 11 is 5.50. The Hall–Kier alpha value is -0.600. The topological polar surface area (TPSA) is 0 Å². The highest BCUT2D eigenvalue weighted by Crippen LogP contribution is 2.34. The van der Waals surface area contributed by atoms with E-state index in [0.717, 1.165) is 0 Å². The van der Waals surface area contributed by atoms with Crippen molar-refractivity contribution in [2.24, 2.45) is 0 Å². The predicted molar refractivity (Wildman–Crippen MR) is 71.0 cm³/mol. The van der Waals surface area contributed by atoms with E-state index in [1.54, 1.807) is 11.3 Å². The van der Waals surface area contributed by atoms with Crippen molar-refractivity contribution in [2.45, 2.75) is 18.7 Å². The molecule has 0 spiro atoms. The first-order chi connectivity index (χ1) is 7.18. The summed E-state index contributed by atoms with van der Waals surface area (Å²) in [6.45, 7) is 4.30. The summed E-state index contributed by atoms with van der Waals surface area (Å²) in [7, 11) is 0. The molecule has 1 aromatic carbocycles. The second-order valence-corrected chi connectivity index (χ2v) is 5.47. The molecule has 0 bridgehead atoms. The van der Waals surface area contributed by atoms with E-state index in [-0.39, 0.29) is 0 Å². The zero-order valence-electron chi connectivity index (χ0n) is 8.83. The molecule has 0 radical (unpaired) electrons. The first-order valence-electron chi connectivity index (χ1n) is 4.92. The summed E-state index contributed by atoms with van der Waals surface area (Å²) in [4.78, 5) is 0.323. The summed E-state index contributed by atoms with van der Waals surface area (Å²) in [6.07, 6.45) is 0. The van der Waals surface area contributed by atoms with Crippen LogP contribution in [0.3, 0.4) is 0 Å². The highest BCUT2D eigenvalue weighted by molar-refractivity contribution is 9.09. The number of benzene rings is 1. The molecular formula is C13H13BrS. The fourth-order valence-electron chi connectivity index (χ4n) is 1.71. The minimum atomic E-state index is 0.323. The van der Waals surface area contributed by atoms with Crippen molar-refractivity contribution in [3.63, 3.8) is 0 Å². The second-order valence-electron chi connectivity index (χ2n) is 3.78. The van der Waals surface area contributed by atoms with E-state index in [9.17, 15) is 0 Å². The highest BCUT2D eigenvalue weighted by atomic mass is 79.9. The number of halogens is 1.